The van der Waals surface area contributed by atoms with Crippen LogP contribution in [-0.2, 0) is 0 Å². The second-order valence-electron chi connectivity index (χ2n) is 4.05. The fourth-order valence-electron chi connectivity index (χ4n) is 1.83. The molecule has 3 heteroatoms. The number of methoxy groups -OCH3 is 1. The van der Waals surface area contributed by atoms with E-state index >= 15 is 0 Å². The smallest absolute Gasteiger partial charge is 0.123 e. The summed E-state index contributed by atoms with van der Waals surface area (Å²) >= 11 is 3.63. The Morgan fingerprint density at radius 2 is 2.12 bits per heavy atom. The van der Waals surface area contributed by atoms with Crippen LogP contribution in [0.1, 0.15) is 37.1 Å². The number of ether oxygens (including phenoxy) is 1. The largest absolute Gasteiger partial charge is 0.496 e. The van der Waals surface area contributed by atoms with Crippen molar-refractivity contribution in [1.82, 2.24) is 0 Å². The van der Waals surface area contributed by atoms with Crippen molar-refractivity contribution in [3.8, 4) is 5.75 Å². The Balaban J connectivity index is 2.96. The standard InChI is InChI=1S/C13H18BrFO/c1-4-5-9(2)13(14)11-8-10(15)6-7-12(11)16-3/h6-9,13H,4-5H2,1-3H3. The van der Waals surface area contributed by atoms with Gasteiger partial charge < -0.3 is 4.74 Å². The molecule has 0 aliphatic carbocycles. The molecule has 0 bridgehead atoms. The number of halogens is 2. The molecule has 1 aromatic rings. The Morgan fingerprint density at radius 3 is 2.69 bits per heavy atom. The zero-order valence-corrected chi connectivity index (χ0v) is 11.6. The van der Waals surface area contributed by atoms with E-state index in [4.69, 9.17) is 4.74 Å². The maximum atomic E-state index is 13.2. The van der Waals surface area contributed by atoms with Crippen molar-refractivity contribution >= 4 is 15.9 Å². The Hall–Kier alpha value is -0.570. The molecule has 0 spiro atoms. The van der Waals surface area contributed by atoms with E-state index in [2.05, 4.69) is 29.8 Å². The van der Waals surface area contributed by atoms with Crippen LogP contribution in [0.3, 0.4) is 0 Å². The quantitative estimate of drug-likeness (QED) is 0.713. The van der Waals surface area contributed by atoms with Crippen LogP contribution in [0, 0.1) is 11.7 Å². The molecule has 2 unspecified atom stereocenters. The van der Waals surface area contributed by atoms with Crippen LogP contribution in [0.2, 0.25) is 0 Å². The molecular weight excluding hydrogens is 271 g/mol. The summed E-state index contributed by atoms with van der Waals surface area (Å²) in [6, 6.07) is 4.65. The molecule has 2 atom stereocenters. The minimum atomic E-state index is -0.219. The lowest BCUT2D eigenvalue weighted by atomic mass is 9.96. The van der Waals surface area contributed by atoms with E-state index < -0.39 is 0 Å². The van der Waals surface area contributed by atoms with Crippen LogP contribution in [0.15, 0.2) is 18.2 Å². The summed E-state index contributed by atoms with van der Waals surface area (Å²) in [5.41, 5.74) is 0.892. The normalized spacial score (nSPS) is 14.6. The van der Waals surface area contributed by atoms with Gasteiger partial charge in [0.2, 0.25) is 0 Å². The summed E-state index contributed by atoms with van der Waals surface area (Å²) in [5, 5.41) is 0. The van der Waals surface area contributed by atoms with E-state index in [1.165, 1.54) is 6.07 Å². The molecule has 0 saturated carbocycles. The topological polar surface area (TPSA) is 9.23 Å². The van der Waals surface area contributed by atoms with Gasteiger partial charge in [-0.2, -0.15) is 0 Å². The van der Waals surface area contributed by atoms with Gasteiger partial charge in [0.25, 0.3) is 0 Å². The molecule has 16 heavy (non-hydrogen) atoms. The van der Waals surface area contributed by atoms with E-state index in [0.717, 1.165) is 24.2 Å². The van der Waals surface area contributed by atoms with Crippen molar-refractivity contribution in [2.45, 2.75) is 31.5 Å². The maximum absolute atomic E-state index is 13.2. The van der Waals surface area contributed by atoms with Crippen molar-refractivity contribution in [3.05, 3.63) is 29.6 Å². The SMILES string of the molecule is CCCC(C)C(Br)c1cc(F)ccc1OC. The second-order valence-corrected chi connectivity index (χ2v) is 5.04. The number of hydrogen-bond acceptors (Lipinski definition) is 1. The van der Waals surface area contributed by atoms with Gasteiger partial charge >= 0.3 is 0 Å². The highest BCUT2D eigenvalue weighted by Gasteiger charge is 2.19. The highest BCUT2D eigenvalue weighted by molar-refractivity contribution is 9.09. The molecule has 1 rings (SSSR count). The Morgan fingerprint density at radius 1 is 1.44 bits per heavy atom. The average molecular weight is 289 g/mol. The summed E-state index contributed by atoms with van der Waals surface area (Å²) in [4.78, 5) is 0.137. The summed E-state index contributed by atoms with van der Waals surface area (Å²) in [7, 11) is 1.61. The second kappa shape index (κ2) is 6.24. The summed E-state index contributed by atoms with van der Waals surface area (Å²) < 4.78 is 18.5. The summed E-state index contributed by atoms with van der Waals surface area (Å²) in [6.07, 6.45) is 2.23. The Bertz CT molecular complexity index is 341. The predicted molar refractivity (Wildman–Crippen MR) is 68.7 cm³/mol. The van der Waals surface area contributed by atoms with Crippen molar-refractivity contribution < 1.29 is 9.13 Å². The molecule has 1 nitrogen and oxygen atoms in total. The highest BCUT2D eigenvalue weighted by atomic mass is 79.9. The first kappa shape index (κ1) is 13.5. The van der Waals surface area contributed by atoms with Crippen LogP contribution >= 0.6 is 15.9 Å². The molecule has 1 aromatic carbocycles. The molecule has 0 aliphatic rings. The van der Waals surface area contributed by atoms with Gasteiger partial charge in [-0.3, -0.25) is 0 Å². The molecule has 0 radical (unpaired) electrons. The Labute approximate surface area is 105 Å². The van der Waals surface area contributed by atoms with E-state index in [1.807, 2.05) is 0 Å². The van der Waals surface area contributed by atoms with Gasteiger partial charge in [0, 0.05) is 10.4 Å². The lowest BCUT2D eigenvalue weighted by Gasteiger charge is -2.20. The monoisotopic (exact) mass is 288 g/mol. The van der Waals surface area contributed by atoms with E-state index in [9.17, 15) is 4.39 Å². The number of hydrogen-bond donors (Lipinski definition) is 0. The zero-order valence-electron chi connectivity index (χ0n) is 9.97. The van der Waals surface area contributed by atoms with Crippen LogP contribution < -0.4 is 4.74 Å². The highest BCUT2D eigenvalue weighted by Crippen LogP contribution is 2.38. The first-order valence-electron chi connectivity index (χ1n) is 5.57. The van der Waals surface area contributed by atoms with Crippen LogP contribution in [0.4, 0.5) is 4.39 Å². The third-order valence-corrected chi connectivity index (χ3v) is 4.13. The van der Waals surface area contributed by atoms with Crippen LogP contribution in [-0.4, -0.2) is 7.11 Å². The van der Waals surface area contributed by atoms with Crippen LogP contribution in [0.5, 0.6) is 5.75 Å². The third-order valence-electron chi connectivity index (χ3n) is 2.73. The summed E-state index contributed by atoms with van der Waals surface area (Å²) in [5.74, 6) is 0.982. The first-order chi connectivity index (χ1) is 7.60. The van der Waals surface area contributed by atoms with E-state index in [0.29, 0.717) is 5.92 Å². The van der Waals surface area contributed by atoms with Crippen molar-refractivity contribution in [3.63, 3.8) is 0 Å². The lowest BCUT2D eigenvalue weighted by Crippen LogP contribution is -2.05. The molecule has 0 amide bonds. The molecule has 0 fully saturated rings. The van der Waals surface area contributed by atoms with Gasteiger partial charge in [0.15, 0.2) is 0 Å². The Kier molecular flexibility index (Phi) is 5.26. The lowest BCUT2D eigenvalue weighted by molar-refractivity contribution is 0.401. The number of rotatable bonds is 5. The fraction of sp³-hybridized carbons (Fsp3) is 0.538. The number of benzene rings is 1. The molecule has 0 saturated heterocycles. The molecular formula is C13H18BrFO. The van der Waals surface area contributed by atoms with Gasteiger partial charge in [0.05, 0.1) is 7.11 Å². The number of alkyl halides is 1. The predicted octanol–water partition coefficient (Wildman–Crippen LogP) is 4.71. The molecule has 90 valence electrons. The third kappa shape index (κ3) is 3.21. The minimum absolute atomic E-state index is 0.137. The fourth-order valence-corrected chi connectivity index (χ4v) is 2.45. The van der Waals surface area contributed by atoms with Gasteiger partial charge in [0.1, 0.15) is 11.6 Å². The van der Waals surface area contributed by atoms with Crippen molar-refractivity contribution in [2.24, 2.45) is 5.92 Å². The van der Waals surface area contributed by atoms with Crippen molar-refractivity contribution in [2.75, 3.05) is 7.11 Å². The first-order valence-corrected chi connectivity index (χ1v) is 6.49. The van der Waals surface area contributed by atoms with Gasteiger partial charge in [-0.1, -0.05) is 36.2 Å². The summed E-state index contributed by atoms with van der Waals surface area (Å²) in [6.45, 7) is 4.31. The molecule has 0 N–H and O–H groups in total. The molecule has 0 aliphatic heterocycles. The van der Waals surface area contributed by atoms with E-state index in [-0.39, 0.29) is 10.6 Å². The van der Waals surface area contributed by atoms with E-state index in [1.54, 1.807) is 19.2 Å². The molecule has 0 heterocycles. The maximum Gasteiger partial charge on any atom is 0.123 e. The van der Waals surface area contributed by atoms with Gasteiger partial charge in [-0.15, -0.1) is 0 Å². The zero-order chi connectivity index (χ0) is 12.1. The van der Waals surface area contributed by atoms with Gasteiger partial charge in [-0.25, -0.2) is 4.39 Å². The van der Waals surface area contributed by atoms with Crippen LogP contribution in [0.25, 0.3) is 0 Å². The minimum Gasteiger partial charge on any atom is -0.496 e. The van der Waals surface area contributed by atoms with Crippen molar-refractivity contribution in [1.29, 1.82) is 0 Å². The average Bonchev–Trinajstić information content (AvgIpc) is 2.28. The molecule has 0 aromatic heterocycles. The van der Waals surface area contributed by atoms with Gasteiger partial charge in [-0.05, 0) is 30.5 Å².